The van der Waals surface area contributed by atoms with Crippen LogP contribution in [0.3, 0.4) is 0 Å². The fourth-order valence-electron chi connectivity index (χ4n) is 4.40. The van der Waals surface area contributed by atoms with E-state index in [0.29, 0.717) is 5.84 Å². The first-order valence-electron chi connectivity index (χ1n) is 10.9. The van der Waals surface area contributed by atoms with Crippen LogP contribution in [-0.2, 0) is 6.18 Å². The van der Waals surface area contributed by atoms with E-state index in [1.54, 1.807) is 0 Å². The third-order valence-electron chi connectivity index (χ3n) is 6.13. The van der Waals surface area contributed by atoms with Crippen molar-refractivity contribution in [1.82, 2.24) is 9.88 Å². The molecule has 1 aliphatic carbocycles. The second-order valence-electron chi connectivity index (χ2n) is 8.47. The van der Waals surface area contributed by atoms with Crippen molar-refractivity contribution in [1.29, 1.82) is 0 Å². The molecule has 166 valence electrons. The van der Waals surface area contributed by atoms with E-state index >= 15 is 0 Å². The van der Waals surface area contributed by atoms with Gasteiger partial charge in [0.25, 0.3) is 0 Å². The number of rotatable bonds is 7. The molecule has 3 N–H and O–H groups in total. The predicted molar refractivity (Wildman–Crippen MR) is 114 cm³/mol. The highest BCUT2D eigenvalue weighted by molar-refractivity contribution is 5.84. The minimum atomic E-state index is -4.41. The zero-order valence-corrected chi connectivity index (χ0v) is 17.4. The first kappa shape index (κ1) is 22.6. The Morgan fingerprint density at radius 2 is 1.97 bits per heavy atom. The molecular weight excluding hydrogens is 391 g/mol. The van der Waals surface area contributed by atoms with Crippen molar-refractivity contribution >= 4 is 11.7 Å². The summed E-state index contributed by atoms with van der Waals surface area (Å²) in [7, 11) is 0. The molecule has 0 spiro atoms. The van der Waals surface area contributed by atoms with Crippen LogP contribution in [0, 0.1) is 11.8 Å². The zero-order chi connectivity index (χ0) is 21.6. The Bertz CT molecular complexity index is 723. The summed E-state index contributed by atoms with van der Waals surface area (Å²) in [6.45, 7) is 6.93. The molecule has 0 radical (unpaired) electrons. The van der Waals surface area contributed by atoms with Crippen LogP contribution in [0.25, 0.3) is 0 Å². The first-order valence-corrected chi connectivity index (χ1v) is 10.9. The van der Waals surface area contributed by atoms with E-state index in [-0.39, 0.29) is 17.6 Å². The predicted octanol–water partition coefficient (Wildman–Crippen LogP) is 5.02. The number of pyridine rings is 1. The average molecular weight is 424 g/mol. The highest BCUT2D eigenvalue weighted by Gasteiger charge is 2.30. The van der Waals surface area contributed by atoms with E-state index in [2.05, 4.69) is 26.8 Å². The smallest absolute Gasteiger partial charge is 0.387 e. The van der Waals surface area contributed by atoms with Crippen molar-refractivity contribution in [3.05, 3.63) is 36.3 Å². The summed E-state index contributed by atoms with van der Waals surface area (Å²) in [4.78, 5) is 10.6. The van der Waals surface area contributed by atoms with Gasteiger partial charge in [-0.3, -0.25) is 0 Å². The van der Waals surface area contributed by atoms with Gasteiger partial charge in [0, 0.05) is 18.7 Å². The van der Waals surface area contributed by atoms with Gasteiger partial charge in [-0.25, -0.2) is 9.98 Å². The number of halogens is 3. The number of piperidine rings is 1. The van der Waals surface area contributed by atoms with Crippen molar-refractivity contribution in [2.75, 3.05) is 25.0 Å². The number of anilines is 1. The quantitative estimate of drug-likeness (QED) is 0.477. The maximum Gasteiger partial charge on any atom is 0.417 e. The molecule has 8 heteroatoms. The van der Waals surface area contributed by atoms with Crippen LogP contribution in [0.2, 0.25) is 0 Å². The lowest BCUT2D eigenvalue weighted by molar-refractivity contribution is -0.137. The number of alkyl halides is 3. The van der Waals surface area contributed by atoms with Gasteiger partial charge in [-0.1, -0.05) is 38.7 Å². The molecule has 1 aromatic rings. The van der Waals surface area contributed by atoms with Crippen molar-refractivity contribution in [3.8, 4) is 0 Å². The van der Waals surface area contributed by atoms with Crippen molar-refractivity contribution in [2.24, 2.45) is 22.6 Å². The molecule has 0 bridgehead atoms. The van der Waals surface area contributed by atoms with Crippen LogP contribution in [0.5, 0.6) is 0 Å². The second kappa shape index (κ2) is 10.3. The highest BCUT2D eigenvalue weighted by atomic mass is 19.4. The number of amidine groups is 1. The lowest BCUT2D eigenvalue weighted by atomic mass is 9.86. The average Bonchev–Trinajstić information content (AvgIpc) is 2.73. The van der Waals surface area contributed by atoms with Crippen LogP contribution in [-0.4, -0.2) is 35.4 Å². The Morgan fingerprint density at radius 3 is 2.63 bits per heavy atom. The molecule has 2 fully saturated rings. The fourth-order valence-corrected chi connectivity index (χ4v) is 4.40. The molecule has 1 unspecified atom stereocenters. The number of aromatic nitrogens is 1. The van der Waals surface area contributed by atoms with E-state index in [4.69, 9.17) is 5.73 Å². The fraction of sp³-hybridized carbons (Fsp3) is 0.636. The Hall–Kier alpha value is -2.09. The third-order valence-corrected chi connectivity index (χ3v) is 6.13. The normalized spacial score (nSPS) is 22.1. The van der Waals surface area contributed by atoms with E-state index in [9.17, 15) is 13.2 Å². The summed E-state index contributed by atoms with van der Waals surface area (Å²) in [5, 5.41) is 2.82. The van der Waals surface area contributed by atoms with Gasteiger partial charge in [0.05, 0.1) is 5.56 Å². The molecule has 1 aromatic heterocycles. The first-order chi connectivity index (χ1) is 14.3. The zero-order valence-electron chi connectivity index (χ0n) is 17.4. The standard InChI is InChI=1S/C22H32F3N5/c1-16(28-20-10-9-19(14-27-20)22(23,24)25)29-21(26)18-8-5-12-30(15-18)13-11-17-6-3-2-4-7-17/h9-10,14,17-18H,1-8,11-13,15H2,(H2,26,29)(H,27,28). The largest absolute Gasteiger partial charge is 0.417 e. The SMILES string of the molecule is C=C(/N=C(\N)C1CCCN(CCC2CCCCC2)C1)Nc1ccc(C(F)(F)F)cn1. The van der Waals surface area contributed by atoms with Gasteiger partial charge in [0.2, 0.25) is 0 Å². The van der Waals surface area contributed by atoms with Crippen molar-refractivity contribution in [2.45, 2.75) is 57.5 Å². The molecule has 2 aliphatic rings. The van der Waals surface area contributed by atoms with Crippen LogP contribution >= 0.6 is 0 Å². The molecule has 0 amide bonds. The van der Waals surface area contributed by atoms with Gasteiger partial charge in [-0.05, 0) is 50.4 Å². The van der Waals surface area contributed by atoms with E-state index in [1.807, 2.05) is 0 Å². The number of hydrogen-bond donors (Lipinski definition) is 2. The molecule has 3 rings (SSSR count). The van der Waals surface area contributed by atoms with Crippen molar-refractivity contribution in [3.63, 3.8) is 0 Å². The van der Waals surface area contributed by atoms with Crippen molar-refractivity contribution < 1.29 is 13.2 Å². The highest BCUT2D eigenvalue weighted by Crippen LogP contribution is 2.29. The topological polar surface area (TPSA) is 66.5 Å². The van der Waals surface area contributed by atoms with Crippen LogP contribution < -0.4 is 11.1 Å². The molecule has 5 nitrogen and oxygen atoms in total. The summed E-state index contributed by atoms with van der Waals surface area (Å²) in [6.07, 6.45) is 6.57. The third kappa shape index (κ3) is 6.72. The maximum absolute atomic E-state index is 12.6. The van der Waals surface area contributed by atoms with Crippen LogP contribution in [0.4, 0.5) is 19.0 Å². The van der Waals surface area contributed by atoms with Crippen LogP contribution in [0.15, 0.2) is 35.7 Å². The van der Waals surface area contributed by atoms with E-state index in [0.717, 1.165) is 50.7 Å². The number of likely N-dealkylation sites (tertiary alicyclic amines) is 1. The van der Waals surface area contributed by atoms with E-state index < -0.39 is 11.7 Å². The Balaban J connectivity index is 1.49. The molecule has 1 aliphatic heterocycles. The summed E-state index contributed by atoms with van der Waals surface area (Å²) in [5.74, 6) is 2.08. The molecule has 0 aromatic carbocycles. The summed E-state index contributed by atoms with van der Waals surface area (Å²) < 4.78 is 37.9. The van der Waals surface area contributed by atoms with Crippen LogP contribution in [0.1, 0.15) is 56.9 Å². The summed E-state index contributed by atoms with van der Waals surface area (Å²) in [5.41, 5.74) is 5.44. The molecule has 30 heavy (non-hydrogen) atoms. The summed E-state index contributed by atoms with van der Waals surface area (Å²) in [6, 6.07) is 2.23. The Kier molecular flexibility index (Phi) is 7.75. The Labute approximate surface area is 176 Å². The minimum absolute atomic E-state index is 0.171. The second-order valence-corrected chi connectivity index (χ2v) is 8.47. The number of hydrogen-bond acceptors (Lipinski definition) is 4. The lowest BCUT2D eigenvalue weighted by Crippen LogP contribution is -2.42. The molecule has 1 saturated heterocycles. The van der Waals surface area contributed by atoms with E-state index in [1.165, 1.54) is 44.6 Å². The molecular formula is C22H32F3N5. The minimum Gasteiger partial charge on any atom is -0.387 e. The number of nitrogens with one attached hydrogen (secondary N) is 1. The number of aliphatic imine (C=N–C) groups is 1. The summed E-state index contributed by atoms with van der Waals surface area (Å²) >= 11 is 0. The Morgan fingerprint density at radius 1 is 1.20 bits per heavy atom. The molecule has 1 saturated carbocycles. The van der Waals surface area contributed by atoms with Gasteiger partial charge in [0.15, 0.2) is 0 Å². The van der Waals surface area contributed by atoms with Gasteiger partial charge >= 0.3 is 6.18 Å². The maximum atomic E-state index is 12.6. The molecule has 2 heterocycles. The van der Waals surface area contributed by atoms with Gasteiger partial charge in [0.1, 0.15) is 17.5 Å². The van der Waals surface area contributed by atoms with Gasteiger partial charge in [-0.2, -0.15) is 13.2 Å². The lowest BCUT2D eigenvalue weighted by Gasteiger charge is -2.34. The van der Waals surface area contributed by atoms with Gasteiger partial charge in [-0.15, -0.1) is 0 Å². The molecule has 1 atom stereocenters. The number of nitrogens with two attached hydrogens (primary N) is 1. The monoisotopic (exact) mass is 423 g/mol. The number of nitrogens with zero attached hydrogens (tertiary/aromatic N) is 3. The van der Waals surface area contributed by atoms with Gasteiger partial charge < -0.3 is 16.0 Å².